The maximum Gasteiger partial charge on any atom is 0.270 e. The third-order valence-corrected chi connectivity index (χ3v) is 4.94. The molecule has 1 heterocycles. The van der Waals surface area contributed by atoms with Gasteiger partial charge in [-0.25, -0.2) is 4.39 Å². The van der Waals surface area contributed by atoms with E-state index in [1.54, 1.807) is 6.92 Å². The molecule has 0 fully saturated rings. The molecule has 0 unspecified atom stereocenters. The van der Waals surface area contributed by atoms with Gasteiger partial charge in [-0.3, -0.25) is 10.1 Å². The number of phenols is 1. The molecule has 0 bridgehead atoms. The molecule has 0 aromatic heterocycles. The normalized spacial score (nSPS) is 23.4. The lowest BCUT2D eigenvalue weighted by Gasteiger charge is -2.46. The van der Waals surface area contributed by atoms with E-state index in [4.69, 9.17) is 14.2 Å². The average Bonchev–Trinajstić information content (AvgIpc) is 2.68. The number of nitrogens with one attached hydrogen (secondary N) is 1. The van der Waals surface area contributed by atoms with E-state index in [0.29, 0.717) is 0 Å². The van der Waals surface area contributed by atoms with E-state index in [-0.39, 0.29) is 28.4 Å². The lowest BCUT2D eigenvalue weighted by molar-refractivity contribution is -0.385. The highest BCUT2D eigenvalue weighted by molar-refractivity contribution is 5.59. The fourth-order valence-electron chi connectivity index (χ4n) is 3.48. The molecule has 3 N–H and O–H groups in total. The highest BCUT2D eigenvalue weighted by atomic mass is 19.1. The molecule has 3 atom stereocenters. The number of anilines is 1. The molecular formula is C19H21FN2O7. The summed E-state index contributed by atoms with van der Waals surface area (Å²) in [6.07, 6.45) is -2.35. The first-order valence-electron chi connectivity index (χ1n) is 8.67. The fraction of sp³-hybridized carbons (Fsp3) is 0.368. The number of rotatable bonds is 6. The standard InChI is InChI=1S/C19H21FN2O7/c1-19(18(27-2)28-3)17(24)16(21-13-8-10(20)4-6-14(13)23)12-9-11(22(25)26)5-7-15(12)29-19/h4-9,16-18,21,23-24H,1-3H3/t16-,17+,19+/m0/s1. The van der Waals surface area contributed by atoms with Crippen molar-refractivity contribution in [1.82, 2.24) is 0 Å². The van der Waals surface area contributed by atoms with Crippen molar-refractivity contribution in [3.05, 3.63) is 57.9 Å². The summed E-state index contributed by atoms with van der Waals surface area (Å²) in [6, 6.07) is 6.20. The minimum absolute atomic E-state index is 0.00198. The molecule has 1 aliphatic rings. The van der Waals surface area contributed by atoms with E-state index in [0.717, 1.165) is 18.2 Å². The molecule has 1 aliphatic heterocycles. The van der Waals surface area contributed by atoms with Crippen molar-refractivity contribution in [3.8, 4) is 11.5 Å². The van der Waals surface area contributed by atoms with E-state index in [1.165, 1.54) is 32.4 Å². The third-order valence-electron chi connectivity index (χ3n) is 4.94. The Kier molecular flexibility index (Phi) is 5.60. The Balaban J connectivity index is 2.13. The largest absolute Gasteiger partial charge is 0.506 e. The molecule has 9 nitrogen and oxygen atoms in total. The highest BCUT2D eigenvalue weighted by Gasteiger charge is 2.52. The monoisotopic (exact) mass is 408 g/mol. The predicted molar refractivity (Wildman–Crippen MR) is 100 cm³/mol. The Bertz CT molecular complexity index is 921. The maximum atomic E-state index is 13.7. The molecule has 0 saturated carbocycles. The number of phenolic OH excluding ortho intramolecular Hbond substituents is 1. The van der Waals surface area contributed by atoms with Gasteiger partial charge in [0.2, 0.25) is 0 Å². The second kappa shape index (κ2) is 7.82. The molecular weight excluding hydrogens is 387 g/mol. The second-order valence-electron chi connectivity index (χ2n) is 6.80. The summed E-state index contributed by atoms with van der Waals surface area (Å²) >= 11 is 0. The lowest BCUT2D eigenvalue weighted by atomic mass is 9.84. The van der Waals surface area contributed by atoms with E-state index < -0.39 is 34.8 Å². The summed E-state index contributed by atoms with van der Waals surface area (Å²) in [5.74, 6) is -0.620. The number of hydrogen-bond donors (Lipinski definition) is 3. The summed E-state index contributed by atoms with van der Waals surface area (Å²) in [6.45, 7) is 1.56. The van der Waals surface area contributed by atoms with Crippen LogP contribution in [0.1, 0.15) is 18.5 Å². The number of fused-ring (bicyclic) bond motifs is 1. The Morgan fingerprint density at radius 1 is 1.28 bits per heavy atom. The minimum atomic E-state index is -1.42. The quantitative estimate of drug-likeness (QED) is 0.289. The van der Waals surface area contributed by atoms with Gasteiger partial charge in [0.15, 0.2) is 11.9 Å². The summed E-state index contributed by atoms with van der Waals surface area (Å²) < 4.78 is 30.2. The molecule has 0 radical (unpaired) electrons. The topological polar surface area (TPSA) is 123 Å². The van der Waals surface area contributed by atoms with Crippen LogP contribution in [0.5, 0.6) is 11.5 Å². The number of nitro groups is 1. The fourth-order valence-corrected chi connectivity index (χ4v) is 3.48. The van der Waals surface area contributed by atoms with E-state index in [9.17, 15) is 24.7 Å². The first-order chi connectivity index (χ1) is 13.7. The van der Waals surface area contributed by atoms with E-state index in [2.05, 4.69) is 5.32 Å². The zero-order chi connectivity index (χ0) is 21.3. The van der Waals surface area contributed by atoms with E-state index >= 15 is 0 Å². The molecule has 2 aromatic carbocycles. The van der Waals surface area contributed by atoms with Crippen molar-refractivity contribution >= 4 is 11.4 Å². The molecule has 3 rings (SSSR count). The number of nitrogens with zero attached hydrogens (tertiary/aromatic N) is 1. The van der Waals surface area contributed by atoms with Crippen molar-refractivity contribution in [2.45, 2.75) is 31.0 Å². The summed E-state index contributed by atoms with van der Waals surface area (Å²) in [7, 11) is 2.75. The van der Waals surface area contributed by atoms with Gasteiger partial charge in [-0.15, -0.1) is 0 Å². The minimum Gasteiger partial charge on any atom is -0.506 e. The van der Waals surface area contributed by atoms with Gasteiger partial charge in [-0.05, 0) is 25.1 Å². The van der Waals surface area contributed by atoms with Crippen LogP contribution < -0.4 is 10.1 Å². The van der Waals surface area contributed by atoms with Gasteiger partial charge in [0.1, 0.15) is 23.4 Å². The highest BCUT2D eigenvalue weighted by Crippen LogP contribution is 2.45. The zero-order valence-corrected chi connectivity index (χ0v) is 16.0. The van der Waals surface area contributed by atoms with Gasteiger partial charge in [-0.2, -0.15) is 0 Å². The Hall–Kier alpha value is -2.95. The SMILES string of the molecule is COC(OC)[C@]1(C)Oc2ccc([N+](=O)[O-])cc2[C@H](Nc2cc(F)ccc2O)[C@H]1O. The molecule has 0 saturated heterocycles. The van der Waals surface area contributed by atoms with Crippen LogP contribution >= 0.6 is 0 Å². The van der Waals surface area contributed by atoms with Crippen LogP contribution in [0.3, 0.4) is 0 Å². The number of methoxy groups -OCH3 is 2. The van der Waals surface area contributed by atoms with Crippen molar-refractivity contribution in [2.75, 3.05) is 19.5 Å². The number of aromatic hydroxyl groups is 1. The molecule has 0 spiro atoms. The Morgan fingerprint density at radius 2 is 1.97 bits per heavy atom. The van der Waals surface area contributed by atoms with Gasteiger partial charge in [0.05, 0.1) is 16.7 Å². The third kappa shape index (κ3) is 3.69. The molecule has 10 heteroatoms. The number of halogens is 1. The van der Waals surface area contributed by atoms with E-state index in [1.807, 2.05) is 0 Å². The number of aliphatic hydroxyl groups is 1. The predicted octanol–water partition coefficient (Wildman–Crippen LogP) is 2.72. The smallest absolute Gasteiger partial charge is 0.270 e. The number of hydrogen-bond acceptors (Lipinski definition) is 8. The summed E-state index contributed by atoms with van der Waals surface area (Å²) in [5, 5.41) is 35.3. The maximum absolute atomic E-state index is 13.7. The van der Waals surface area contributed by atoms with Crippen LogP contribution in [-0.2, 0) is 9.47 Å². The molecule has 0 aliphatic carbocycles. The van der Waals surface area contributed by atoms with Crippen LogP contribution in [-0.4, -0.2) is 47.4 Å². The lowest BCUT2D eigenvalue weighted by Crippen LogP contribution is -2.60. The Morgan fingerprint density at radius 3 is 2.59 bits per heavy atom. The molecule has 2 aromatic rings. The number of aliphatic hydroxyl groups excluding tert-OH is 1. The Labute approximate surface area is 165 Å². The van der Waals surface area contributed by atoms with Gasteiger partial charge >= 0.3 is 0 Å². The molecule has 156 valence electrons. The number of ether oxygens (including phenoxy) is 3. The number of non-ortho nitro benzene ring substituents is 1. The van der Waals surface area contributed by atoms with Gasteiger partial charge in [-0.1, -0.05) is 0 Å². The second-order valence-corrected chi connectivity index (χ2v) is 6.80. The summed E-state index contributed by atoms with van der Waals surface area (Å²) in [5.41, 5.74) is -1.37. The van der Waals surface area contributed by atoms with Gasteiger partial charge in [0.25, 0.3) is 5.69 Å². The van der Waals surface area contributed by atoms with Crippen LogP contribution in [0, 0.1) is 15.9 Å². The van der Waals surface area contributed by atoms with Crippen LogP contribution in [0.4, 0.5) is 15.8 Å². The molecule has 0 amide bonds. The first-order valence-corrected chi connectivity index (χ1v) is 8.67. The van der Waals surface area contributed by atoms with Crippen molar-refractivity contribution in [3.63, 3.8) is 0 Å². The zero-order valence-electron chi connectivity index (χ0n) is 16.0. The number of benzene rings is 2. The summed E-state index contributed by atoms with van der Waals surface area (Å²) in [4.78, 5) is 10.6. The van der Waals surface area contributed by atoms with Gasteiger partial charge in [0, 0.05) is 38.0 Å². The number of nitro benzene ring substituents is 1. The van der Waals surface area contributed by atoms with Crippen molar-refractivity contribution < 1.29 is 33.7 Å². The first kappa shape index (κ1) is 20.8. The van der Waals surface area contributed by atoms with Crippen molar-refractivity contribution in [2.24, 2.45) is 0 Å². The molecule has 29 heavy (non-hydrogen) atoms. The van der Waals surface area contributed by atoms with Crippen LogP contribution in [0.25, 0.3) is 0 Å². The van der Waals surface area contributed by atoms with Crippen LogP contribution in [0.2, 0.25) is 0 Å². The van der Waals surface area contributed by atoms with Crippen LogP contribution in [0.15, 0.2) is 36.4 Å². The van der Waals surface area contributed by atoms with Gasteiger partial charge < -0.3 is 29.7 Å². The average molecular weight is 408 g/mol. The van der Waals surface area contributed by atoms with Crippen molar-refractivity contribution in [1.29, 1.82) is 0 Å².